The third-order valence-corrected chi connectivity index (χ3v) is 5.74. The van der Waals surface area contributed by atoms with Gasteiger partial charge in [-0.1, -0.05) is 31.4 Å². The van der Waals surface area contributed by atoms with E-state index in [0.29, 0.717) is 12.1 Å². The van der Waals surface area contributed by atoms with E-state index in [1.807, 2.05) is 0 Å². The van der Waals surface area contributed by atoms with Gasteiger partial charge in [0.1, 0.15) is 5.75 Å². The molecule has 1 aliphatic heterocycles. The zero-order valence-electron chi connectivity index (χ0n) is 15.3. The van der Waals surface area contributed by atoms with Gasteiger partial charge < -0.3 is 15.4 Å². The average molecular weight is 362 g/mol. The summed E-state index contributed by atoms with van der Waals surface area (Å²) >= 11 is 5.56. The molecule has 2 aliphatic rings. The van der Waals surface area contributed by atoms with Crippen LogP contribution in [0.3, 0.4) is 0 Å². The van der Waals surface area contributed by atoms with E-state index in [4.69, 9.17) is 17.0 Å². The number of likely N-dealkylation sites (tertiary alicyclic amines) is 1. The van der Waals surface area contributed by atoms with E-state index in [0.717, 1.165) is 17.4 Å². The highest BCUT2D eigenvalue weighted by Gasteiger charge is 2.24. The summed E-state index contributed by atoms with van der Waals surface area (Å²) in [6.07, 6.45) is 9.08. The van der Waals surface area contributed by atoms with Crippen molar-refractivity contribution in [3.05, 3.63) is 29.8 Å². The zero-order chi connectivity index (χ0) is 17.5. The number of hydrogen-bond donors (Lipinski definition) is 2. The van der Waals surface area contributed by atoms with Crippen LogP contribution in [0.15, 0.2) is 24.3 Å². The van der Waals surface area contributed by atoms with Crippen LogP contribution in [0.25, 0.3) is 0 Å². The number of nitrogens with zero attached hydrogens (tertiary/aromatic N) is 1. The Balaban J connectivity index is 1.58. The van der Waals surface area contributed by atoms with E-state index in [9.17, 15) is 0 Å². The van der Waals surface area contributed by atoms with Crippen LogP contribution < -0.4 is 15.4 Å². The second kappa shape index (κ2) is 9.39. The number of ether oxygens (including phenoxy) is 1. The largest absolute Gasteiger partial charge is 0.497 e. The number of thiocarbonyl (C=S) groups is 1. The van der Waals surface area contributed by atoms with Crippen LogP contribution in [-0.2, 0) is 0 Å². The Morgan fingerprint density at radius 3 is 2.44 bits per heavy atom. The van der Waals surface area contributed by atoms with Crippen molar-refractivity contribution in [2.45, 2.75) is 57.0 Å². The van der Waals surface area contributed by atoms with Crippen LogP contribution in [0.2, 0.25) is 0 Å². The van der Waals surface area contributed by atoms with Gasteiger partial charge >= 0.3 is 0 Å². The molecule has 1 aromatic rings. The van der Waals surface area contributed by atoms with Crippen LogP contribution in [0.5, 0.6) is 5.75 Å². The van der Waals surface area contributed by atoms with E-state index in [1.54, 1.807) is 7.11 Å². The molecule has 2 N–H and O–H groups in total. The lowest BCUT2D eigenvalue weighted by Gasteiger charge is -2.30. The van der Waals surface area contributed by atoms with Gasteiger partial charge in [-0.3, -0.25) is 4.90 Å². The highest BCUT2D eigenvalue weighted by molar-refractivity contribution is 7.80. The molecule has 2 fully saturated rings. The fraction of sp³-hybridized carbons (Fsp3) is 0.650. The molecule has 4 nitrogen and oxygen atoms in total. The second-order valence-electron chi connectivity index (χ2n) is 7.22. The van der Waals surface area contributed by atoms with E-state index in [-0.39, 0.29) is 0 Å². The quantitative estimate of drug-likeness (QED) is 0.757. The van der Waals surface area contributed by atoms with Gasteiger partial charge in [0.25, 0.3) is 0 Å². The third-order valence-electron chi connectivity index (χ3n) is 5.48. The van der Waals surface area contributed by atoms with Crippen molar-refractivity contribution >= 4 is 17.3 Å². The average Bonchev–Trinajstić information content (AvgIpc) is 3.18. The van der Waals surface area contributed by atoms with Crippen LogP contribution >= 0.6 is 12.2 Å². The minimum Gasteiger partial charge on any atom is -0.497 e. The molecule has 25 heavy (non-hydrogen) atoms. The molecule has 1 atom stereocenters. The summed E-state index contributed by atoms with van der Waals surface area (Å²) in [6.45, 7) is 3.19. The summed E-state index contributed by atoms with van der Waals surface area (Å²) in [4.78, 5) is 2.57. The zero-order valence-corrected chi connectivity index (χ0v) is 16.1. The number of rotatable bonds is 6. The van der Waals surface area contributed by atoms with Gasteiger partial charge in [-0.15, -0.1) is 0 Å². The first-order chi connectivity index (χ1) is 12.3. The number of hydrogen-bond acceptors (Lipinski definition) is 3. The van der Waals surface area contributed by atoms with Crippen LogP contribution in [-0.4, -0.2) is 42.8 Å². The van der Waals surface area contributed by atoms with Gasteiger partial charge in [0.05, 0.1) is 13.2 Å². The molecule has 0 spiro atoms. The van der Waals surface area contributed by atoms with Gasteiger partial charge in [0.15, 0.2) is 5.11 Å². The minimum absolute atomic E-state index is 0.361. The molecule has 1 heterocycles. The molecule has 1 aromatic carbocycles. The van der Waals surface area contributed by atoms with Gasteiger partial charge in [0.2, 0.25) is 0 Å². The fourth-order valence-electron chi connectivity index (χ4n) is 4.01. The summed E-state index contributed by atoms with van der Waals surface area (Å²) in [7, 11) is 1.71. The first-order valence-electron chi connectivity index (χ1n) is 9.68. The fourth-order valence-corrected chi connectivity index (χ4v) is 4.26. The first-order valence-corrected chi connectivity index (χ1v) is 10.1. The predicted octanol–water partition coefficient (Wildman–Crippen LogP) is 3.63. The van der Waals surface area contributed by atoms with E-state index in [1.165, 1.54) is 63.6 Å². The van der Waals surface area contributed by atoms with Crippen molar-refractivity contribution in [1.82, 2.24) is 15.5 Å². The lowest BCUT2D eigenvalue weighted by molar-refractivity contribution is 0.245. The molecule has 1 aliphatic carbocycles. The van der Waals surface area contributed by atoms with Crippen molar-refractivity contribution in [1.29, 1.82) is 0 Å². The van der Waals surface area contributed by atoms with Gasteiger partial charge in [0, 0.05) is 12.6 Å². The molecule has 1 saturated heterocycles. The minimum atomic E-state index is 0.361. The SMILES string of the molecule is COc1ccc([C@H](CNC(=S)NC2CCCCC2)N2CCCC2)cc1. The lowest BCUT2D eigenvalue weighted by atomic mass is 9.96. The molecule has 0 amide bonds. The monoisotopic (exact) mass is 361 g/mol. The Kier molecular flexibility index (Phi) is 6.93. The molecule has 3 rings (SSSR count). The van der Waals surface area contributed by atoms with Crippen molar-refractivity contribution in [3.63, 3.8) is 0 Å². The van der Waals surface area contributed by atoms with E-state index < -0.39 is 0 Å². The summed E-state index contributed by atoms with van der Waals surface area (Å²) in [5.74, 6) is 0.909. The van der Waals surface area contributed by atoms with Gasteiger partial charge in [-0.05, 0) is 68.7 Å². The Morgan fingerprint density at radius 1 is 1.12 bits per heavy atom. The highest BCUT2D eigenvalue weighted by Crippen LogP contribution is 2.26. The normalized spacial score (nSPS) is 20.2. The maximum absolute atomic E-state index is 5.56. The maximum Gasteiger partial charge on any atom is 0.166 e. The molecule has 138 valence electrons. The topological polar surface area (TPSA) is 36.5 Å². The van der Waals surface area contributed by atoms with Gasteiger partial charge in [-0.25, -0.2) is 0 Å². The Morgan fingerprint density at radius 2 is 1.80 bits per heavy atom. The molecule has 0 aromatic heterocycles. The Labute approximate surface area is 157 Å². The Bertz CT molecular complexity index is 536. The predicted molar refractivity (Wildman–Crippen MR) is 107 cm³/mol. The lowest BCUT2D eigenvalue weighted by Crippen LogP contribution is -2.45. The highest BCUT2D eigenvalue weighted by atomic mass is 32.1. The van der Waals surface area contributed by atoms with Crippen LogP contribution in [0.4, 0.5) is 0 Å². The maximum atomic E-state index is 5.56. The number of methoxy groups -OCH3 is 1. The molecular weight excluding hydrogens is 330 g/mol. The third kappa shape index (κ3) is 5.32. The molecule has 0 bridgehead atoms. The standard InChI is InChI=1S/C20H31N3OS/c1-24-18-11-9-16(10-12-18)19(23-13-5-6-14-23)15-21-20(25)22-17-7-3-2-4-8-17/h9-12,17,19H,2-8,13-15H2,1H3,(H2,21,22,25)/t19-/m0/s1. The van der Waals surface area contributed by atoms with Crippen molar-refractivity contribution in [2.24, 2.45) is 0 Å². The van der Waals surface area contributed by atoms with Crippen molar-refractivity contribution in [3.8, 4) is 5.75 Å². The number of nitrogens with one attached hydrogen (secondary N) is 2. The summed E-state index contributed by atoms with van der Waals surface area (Å²) in [5, 5.41) is 7.81. The van der Waals surface area contributed by atoms with Crippen molar-refractivity contribution in [2.75, 3.05) is 26.7 Å². The van der Waals surface area contributed by atoms with E-state index >= 15 is 0 Å². The van der Waals surface area contributed by atoms with E-state index in [2.05, 4.69) is 39.8 Å². The molecule has 5 heteroatoms. The second-order valence-corrected chi connectivity index (χ2v) is 7.63. The molecule has 1 saturated carbocycles. The molecule has 0 unspecified atom stereocenters. The van der Waals surface area contributed by atoms with Crippen LogP contribution in [0.1, 0.15) is 56.6 Å². The van der Waals surface area contributed by atoms with Crippen LogP contribution in [0, 0.1) is 0 Å². The van der Waals surface area contributed by atoms with Gasteiger partial charge in [-0.2, -0.15) is 0 Å². The molecule has 0 radical (unpaired) electrons. The summed E-state index contributed by atoms with van der Waals surface area (Å²) < 4.78 is 5.30. The summed E-state index contributed by atoms with van der Waals surface area (Å²) in [5.41, 5.74) is 1.33. The summed E-state index contributed by atoms with van der Waals surface area (Å²) in [6, 6.07) is 9.38. The van der Waals surface area contributed by atoms with Crippen molar-refractivity contribution < 1.29 is 4.74 Å². The number of benzene rings is 1. The Hall–Kier alpha value is -1.33. The first kappa shape index (κ1) is 18.5. The smallest absolute Gasteiger partial charge is 0.166 e. The molecular formula is C20H31N3OS.